The second-order valence-corrected chi connectivity index (χ2v) is 8.29. The van der Waals surface area contributed by atoms with E-state index in [1.54, 1.807) is 28.4 Å². The number of anilines is 1. The summed E-state index contributed by atoms with van der Waals surface area (Å²) in [5.74, 6) is -0.738. The SMILES string of the molecule is O=C(Nc1nc2c(s1)CCCC2)C1CC(=O)N(CCc2ccc(F)cc2)C1. The number of thiazole rings is 1. The van der Waals surface area contributed by atoms with E-state index in [0.29, 0.717) is 24.6 Å². The van der Waals surface area contributed by atoms with Gasteiger partial charge in [-0.15, -0.1) is 11.3 Å². The van der Waals surface area contributed by atoms with Crippen molar-refractivity contribution in [3.63, 3.8) is 0 Å². The zero-order valence-corrected chi connectivity index (χ0v) is 15.9. The summed E-state index contributed by atoms with van der Waals surface area (Å²) in [4.78, 5) is 32.4. The minimum atomic E-state index is -0.341. The Kier molecular flexibility index (Phi) is 5.20. The van der Waals surface area contributed by atoms with Gasteiger partial charge in [-0.3, -0.25) is 9.59 Å². The molecule has 1 aliphatic carbocycles. The van der Waals surface area contributed by atoms with E-state index in [1.807, 2.05) is 0 Å². The van der Waals surface area contributed by atoms with Gasteiger partial charge in [-0.05, 0) is 49.8 Å². The summed E-state index contributed by atoms with van der Waals surface area (Å²) < 4.78 is 13.0. The number of nitrogens with one attached hydrogen (secondary N) is 1. The molecule has 7 heteroatoms. The Hall–Kier alpha value is -2.28. The van der Waals surface area contributed by atoms with Crippen molar-refractivity contribution in [1.82, 2.24) is 9.88 Å². The van der Waals surface area contributed by atoms with Gasteiger partial charge in [0.05, 0.1) is 11.6 Å². The molecule has 0 spiro atoms. The van der Waals surface area contributed by atoms with Gasteiger partial charge in [0.25, 0.3) is 0 Å². The van der Waals surface area contributed by atoms with Crippen LogP contribution in [0.1, 0.15) is 35.4 Å². The molecule has 2 aliphatic rings. The molecule has 1 aliphatic heterocycles. The molecule has 2 amide bonds. The van der Waals surface area contributed by atoms with Crippen LogP contribution in [0.3, 0.4) is 0 Å². The summed E-state index contributed by atoms with van der Waals surface area (Å²) in [5.41, 5.74) is 2.09. The molecular weight excluding hydrogens is 365 g/mol. The molecule has 1 N–H and O–H groups in total. The van der Waals surface area contributed by atoms with E-state index < -0.39 is 0 Å². The first-order valence-electron chi connectivity index (χ1n) is 9.40. The Morgan fingerprint density at radius 3 is 2.81 bits per heavy atom. The molecule has 1 aromatic heterocycles. The number of halogens is 1. The lowest BCUT2D eigenvalue weighted by Gasteiger charge is -2.16. The number of hydrogen-bond acceptors (Lipinski definition) is 4. The zero-order chi connectivity index (χ0) is 18.8. The van der Waals surface area contributed by atoms with E-state index in [9.17, 15) is 14.0 Å². The molecule has 0 bridgehead atoms. The van der Waals surface area contributed by atoms with Crippen LogP contribution in [0, 0.1) is 11.7 Å². The Morgan fingerprint density at radius 2 is 2.04 bits per heavy atom. The highest BCUT2D eigenvalue weighted by atomic mass is 32.1. The molecule has 2 aromatic rings. The van der Waals surface area contributed by atoms with Crippen LogP contribution in [0.5, 0.6) is 0 Å². The maximum absolute atomic E-state index is 13.0. The summed E-state index contributed by atoms with van der Waals surface area (Å²) in [7, 11) is 0. The van der Waals surface area contributed by atoms with Crippen molar-refractivity contribution < 1.29 is 14.0 Å². The van der Waals surface area contributed by atoms with Crippen LogP contribution in [0.25, 0.3) is 0 Å². The van der Waals surface area contributed by atoms with Gasteiger partial charge in [-0.25, -0.2) is 9.37 Å². The van der Waals surface area contributed by atoms with Crippen molar-refractivity contribution in [1.29, 1.82) is 0 Å². The average Bonchev–Trinajstić information content (AvgIpc) is 3.24. The number of nitrogens with zero attached hydrogens (tertiary/aromatic N) is 2. The lowest BCUT2D eigenvalue weighted by molar-refractivity contribution is -0.128. The minimum absolute atomic E-state index is 0.00399. The van der Waals surface area contributed by atoms with Gasteiger partial charge in [0.15, 0.2) is 5.13 Å². The summed E-state index contributed by atoms with van der Waals surface area (Å²) >= 11 is 1.56. The predicted molar refractivity (Wildman–Crippen MR) is 102 cm³/mol. The number of benzene rings is 1. The summed E-state index contributed by atoms with van der Waals surface area (Å²) in [6, 6.07) is 6.30. The highest BCUT2D eigenvalue weighted by Gasteiger charge is 2.34. The number of fused-ring (bicyclic) bond motifs is 1. The largest absolute Gasteiger partial charge is 0.342 e. The molecule has 142 valence electrons. The summed E-state index contributed by atoms with van der Waals surface area (Å²) in [5, 5.41) is 3.57. The first kappa shape index (κ1) is 18.1. The number of amides is 2. The predicted octanol–water partition coefficient (Wildman–Crippen LogP) is 3.19. The third-order valence-electron chi connectivity index (χ3n) is 5.24. The van der Waals surface area contributed by atoms with Gasteiger partial charge in [-0.2, -0.15) is 0 Å². The highest BCUT2D eigenvalue weighted by molar-refractivity contribution is 7.15. The van der Waals surface area contributed by atoms with Crippen LogP contribution in [-0.2, 0) is 28.9 Å². The lowest BCUT2D eigenvalue weighted by atomic mass is 10.0. The molecule has 1 saturated heterocycles. The molecule has 27 heavy (non-hydrogen) atoms. The number of aromatic nitrogens is 1. The van der Waals surface area contributed by atoms with Crippen molar-refractivity contribution in [2.45, 2.75) is 38.5 Å². The summed E-state index contributed by atoms with van der Waals surface area (Å²) in [6.45, 7) is 0.969. The second-order valence-electron chi connectivity index (χ2n) is 7.20. The van der Waals surface area contributed by atoms with E-state index in [-0.39, 0.29) is 30.0 Å². The standard InChI is InChI=1S/C20H22FN3O2S/c21-15-7-5-13(6-8-15)9-10-24-12-14(11-18(24)25)19(26)23-20-22-16-3-1-2-4-17(16)27-20/h5-8,14H,1-4,9-12H2,(H,22,23,26). The van der Waals surface area contributed by atoms with Gasteiger partial charge < -0.3 is 10.2 Å². The maximum Gasteiger partial charge on any atom is 0.231 e. The van der Waals surface area contributed by atoms with Gasteiger partial charge >= 0.3 is 0 Å². The molecule has 1 fully saturated rings. The van der Waals surface area contributed by atoms with Crippen LogP contribution < -0.4 is 5.32 Å². The first-order chi connectivity index (χ1) is 13.1. The van der Waals surface area contributed by atoms with Crippen LogP contribution in [-0.4, -0.2) is 34.8 Å². The lowest BCUT2D eigenvalue weighted by Crippen LogP contribution is -2.30. The number of carbonyl (C=O) groups is 2. The highest BCUT2D eigenvalue weighted by Crippen LogP contribution is 2.30. The number of likely N-dealkylation sites (tertiary alicyclic amines) is 1. The van der Waals surface area contributed by atoms with E-state index in [0.717, 1.165) is 30.5 Å². The number of hydrogen-bond donors (Lipinski definition) is 1. The molecule has 1 atom stereocenters. The molecule has 0 saturated carbocycles. The number of rotatable bonds is 5. The fourth-order valence-corrected chi connectivity index (χ4v) is 4.74. The Morgan fingerprint density at radius 1 is 1.26 bits per heavy atom. The third kappa shape index (κ3) is 4.18. The van der Waals surface area contributed by atoms with E-state index in [4.69, 9.17) is 0 Å². The smallest absolute Gasteiger partial charge is 0.231 e. The number of aryl methyl sites for hydroxylation is 2. The van der Waals surface area contributed by atoms with Crippen LogP contribution in [0.15, 0.2) is 24.3 Å². The quantitative estimate of drug-likeness (QED) is 0.857. The van der Waals surface area contributed by atoms with Crippen LogP contribution in [0.2, 0.25) is 0 Å². The fourth-order valence-electron chi connectivity index (χ4n) is 3.69. The molecule has 5 nitrogen and oxygen atoms in total. The monoisotopic (exact) mass is 387 g/mol. The van der Waals surface area contributed by atoms with E-state index in [1.165, 1.54) is 23.4 Å². The summed E-state index contributed by atoms with van der Waals surface area (Å²) in [6.07, 6.45) is 5.26. The van der Waals surface area contributed by atoms with Gasteiger partial charge in [0, 0.05) is 24.4 Å². The zero-order valence-electron chi connectivity index (χ0n) is 15.0. The molecular formula is C20H22FN3O2S. The van der Waals surface area contributed by atoms with Crippen molar-refractivity contribution in [2.24, 2.45) is 5.92 Å². The van der Waals surface area contributed by atoms with Crippen molar-refractivity contribution in [3.05, 3.63) is 46.2 Å². The van der Waals surface area contributed by atoms with Crippen molar-refractivity contribution in [2.75, 3.05) is 18.4 Å². The van der Waals surface area contributed by atoms with E-state index >= 15 is 0 Å². The molecule has 1 unspecified atom stereocenters. The van der Waals surface area contributed by atoms with Crippen molar-refractivity contribution >= 4 is 28.3 Å². The topological polar surface area (TPSA) is 62.3 Å². The van der Waals surface area contributed by atoms with Crippen LogP contribution in [0.4, 0.5) is 9.52 Å². The van der Waals surface area contributed by atoms with Gasteiger partial charge in [0.1, 0.15) is 5.82 Å². The fraction of sp³-hybridized carbons (Fsp3) is 0.450. The number of carbonyl (C=O) groups excluding carboxylic acids is 2. The van der Waals surface area contributed by atoms with E-state index in [2.05, 4.69) is 10.3 Å². The normalized spacial score (nSPS) is 19.2. The Bertz CT molecular complexity index is 826. The molecule has 1 aromatic carbocycles. The Balaban J connectivity index is 1.32. The minimum Gasteiger partial charge on any atom is -0.342 e. The van der Waals surface area contributed by atoms with Gasteiger partial charge in [-0.1, -0.05) is 12.1 Å². The third-order valence-corrected chi connectivity index (χ3v) is 6.32. The Labute approximate surface area is 161 Å². The first-order valence-corrected chi connectivity index (χ1v) is 10.2. The maximum atomic E-state index is 13.0. The second kappa shape index (κ2) is 7.76. The van der Waals surface area contributed by atoms with Crippen molar-refractivity contribution in [3.8, 4) is 0 Å². The van der Waals surface area contributed by atoms with Gasteiger partial charge in [0.2, 0.25) is 11.8 Å². The molecule has 2 heterocycles. The average molecular weight is 387 g/mol. The van der Waals surface area contributed by atoms with Crippen LogP contribution >= 0.6 is 11.3 Å². The molecule has 4 rings (SSSR count). The molecule has 0 radical (unpaired) electrons.